The van der Waals surface area contributed by atoms with Gasteiger partial charge in [0.05, 0.1) is 0 Å². The highest BCUT2D eigenvalue weighted by Gasteiger charge is 2.05. The van der Waals surface area contributed by atoms with Crippen molar-refractivity contribution in [3.05, 3.63) is 47.7 Å². The molecule has 0 aromatic heterocycles. The molecule has 15 heavy (non-hydrogen) atoms. The smallest absolute Gasteiger partial charge is 0.187 e. The molecule has 0 saturated heterocycles. The molecule has 0 atom stereocenters. The summed E-state index contributed by atoms with van der Waals surface area (Å²) in [5, 5.41) is 0. The van der Waals surface area contributed by atoms with E-state index in [0.717, 1.165) is 18.2 Å². The lowest BCUT2D eigenvalue weighted by atomic mass is 10.1. The van der Waals surface area contributed by atoms with Crippen LogP contribution >= 0.6 is 0 Å². The van der Waals surface area contributed by atoms with Crippen LogP contribution in [0.5, 0.6) is 0 Å². The first kappa shape index (κ1) is 11.4. The molecule has 0 aliphatic carbocycles. The molecule has 2 nitrogen and oxygen atoms in total. The van der Waals surface area contributed by atoms with Crippen LogP contribution in [0.1, 0.15) is 10.4 Å². The second-order valence-corrected chi connectivity index (χ2v) is 3.30. The topological polar surface area (TPSA) is 20.3 Å². The first-order valence-electron chi connectivity index (χ1n) is 4.34. The number of hydrogen-bond acceptors (Lipinski definition) is 2. The Morgan fingerprint density at radius 1 is 1.20 bits per heavy atom. The number of ketones is 1. The second-order valence-electron chi connectivity index (χ2n) is 3.30. The molecule has 0 bridgehead atoms. The Bertz CT molecular complexity index is 379. The Kier molecular flexibility index (Phi) is 3.55. The van der Waals surface area contributed by atoms with Gasteiger partial charge in [0.1, 0.15) is 11.6 Å². The van der Waals surface area contributed by atoms with Crippen LogP contribution in [-0.4, -0.2) is 24.8 Å². The molecule has 1 aromatic carbocycles. The van der Waals surface area contributed by atoms with Gasteiger partial charge in [-0.1, -0.05) is 0 Å². The molecule has 1 rings (SSSR count). The van der Waals surface area contributed by atoms with Crippen molar-refractivity contribution in [2.24, 2.45) is 0 Å². The van der Waals surface area contributed by atoms with Gasteiger partial charge in [-0.05, 0) is 12.1 Å². The number of nitrogens with zero attached hydrogens (tertiary/aromatic N) is 1. The molecule has 0 aliphatic heterocycles. The summed E-state index contributed by atoms with van der Waals surface area (Å²) in [7, 11) is 3.49. The van der Waals surface area contributed by atoms with Crippen molar-refractivity contribution < 1.29 is 13.6 Å². The maximum Gasteiger partial charge on any atom is 0.187 e. The lowest BCUT2D eigenvalue weighted by molar-refractivity contribution is 0.104. The van der Waals surface area contributed by atoms with Gasteiger partial charge in [0.2, 0.25) is 0 Å². The van der Waals surface area contributed by atoms with Crippen LogP contribution < -0.4 is 0 Å². The molecular formula is C11H11F2NO. The van der Waals surface area contributed by atoms with Crippen molar-refractivity contribution in [3.8, 4) is 0 Å². The molecule has 80 valence electrons. The minimum absolute atomic E-state index is 0.00519. The third kappa shape index (κ3) is 3.50. The van der Waals surface area contributed by atoms with Crippen molar-refractivity contribution in [3.63, 3.8) is 0 Å². The first-order chi connectivity index (χ1) is 6.99. The number of rotatable bonds is 3. The highest BCUT2D eigenvalue weighted by molar-refractivity contribution is 6.04. The van der Waals surface area contributed by atoms with Crippen molar-refractivity contribution in [2.45, 2.75) is 0 Å². The van der Waals surface area contributed by atoms with Gasteiger partial charge in [-0.3, -0.25) is 4.79 Å². The average Bonchev–Trinajstić information content (AvgIpc) is 2.12. The Balaban J connectivity index is 2.91. The summed E-state index contributed by atoms with van der Waals surface area (Å²) >= 11 is 0. The molecule has 0 heterocycles. The van der Waals surface area contributed by atoms with E-state index in [4.69, 9.17) is 0 Å². The fourth-order valence-electron chi connectivity index (χ4n) is 1.01. The van der Waals surface area contributed by atoms with Gasteiger partial charge in [0.15, 0.2) is 5.78 Å². The highest BCUT2D eigenvalue weighted by Crippen LogP contribution is 2.09. The van der Waals surface area contributed by atoms with Crippen molar-refractivity contribution in [2.75, 3.05) is 14.1 Å². The van der Waals surface area contributed by atoms with E-state index >= 15 is 0 Å². The molecule has 4 heteroatoms. The van der Waals surface area contributed by atoms with Crippen LogP contribution in [0.2, 0.25) is 0 Å². The normalized spacial score (nSPS) is 10.7. The van der Waals surface area contributed by atoms with E-state index in [-0.39, 0.29) is 5.56 Å². The van der Waals surface area contributed by atoms with E-state index in [1.54, 1.807) is 19.0 Å². The number of hydrogen-bond donors (Lipinski definition) is 0. The molecule has 0 unspecified atom stereocenters. The lowest BCUT2D eigenvalue weighted by Crippen LogP contribution is -2.03. The number of allylic oxidation sites excluding steroid dienone is 1. The zero-order valence-corrected chi connectivity index (χ0v) is 8.50. The van der Waals surface area contributed by atoms with Crippen LogP contribution in [0.25, 0.3) is 0 Å². The van der Waals surface area contributed by atoms with E-state index in [1.165, 1.54) is 12.3 Å². The van der Waals surface area contributed by atoms with Crippen molar-refractivity contribution in [1.82, 2.24) is 4.90 Å². The number of benzene rings is 1. The Labute approximate surface area is 86.8 Å². The van der Waals surface area contributed by atoms with Gasteiger partial charge in [-0.2, -0.15) is 0 Å². The van der Waals surface area contributed by atoms with Gasteiger partial charge in [-0.25, -0.2) is 8.78 Å². The zero-order valence-electron chi connectivity index (χ0n) is 8.50. The van der Waals surface area contributed by atoms with Gasteiger partial charge >= 0.3 is 0 Å². The van der Waals surface area contributed by atoms with Gasteiger partial charge in [0.25, 0.3) is 0 Å². The van der Waals surface area contributed by atoms with E-state index in [1.807, 2.05) is 0 Å². The summed E-state index contributed by atoms with van der Waals surface area (Å²) in [4.78, 5) is 13.1. The average molecular weight is 211 g/mol. The largest absolute Gasteiger partial charge is 0.383 e. The maximum absolute atomic E-state index is 12.8. The summed E-state index contributed by atoms with van der Waals surface area (Å²) in [5.74, 6) is -1.93. The van der Waals surface area contributed by atoms with E-state index in [0.29, 0.717) is 0 Å². The van der Waals surface area contributed by atoms with Crippen LogP contribution in [0.3, 0.4) is 0 Å². The molecule has 0 amide bonds. The summed E-state index contributed by atoms with van der Waals surface area (Å²) in [5.41, 5.74) is 0.00519. The minimum Gasteiger partial charge on any atom is -0.383 e. The number of carbonyl (C=O) groups excluding carboxylic acids is 1. The SMILES string of the molecule is CN(C)/C=C\C(=O)c1cc(F)cc(F)c1. The maximum atomic E-state index is 12.8. The highest BCUT2D eigenvalue weighted by atomic mass is 19.1. The zero-order chi connectivity index (χ0) is 11.4. The lowest BCUT2D eigenvalue weighted by Gasteiger charge is -2.02. The molecule has 0 aliphatic rings. The van der Waals surface area contributed by atoms with Crippen molar-refractivity contribution >= 4 is 5.78 Å². The predicted octanol–water partition coefficient (Wildman–Crippen LogP) is 2.22. The number of halogens is 2. The molecule has 0 radical (unpaired) electrons. The van der Waals surface area contributed by atoms with E-state index in [2.05, 4.69) is 0 Å². The van der Waals surface area contributed by atoms with Crippen LogP contribution in [0.15, 0.2) is 30.5 Å². The fraction of sp³-hybridized carbons (Fsp3) is 0.182. The monoisotopic (exact) mass is 211 g/mol. The van der Waals surface area contributed by atoms with Gasteiger partial charge in [0, 0.05) is 38.0 Å². The van der Waals surface area contributed by atoms with Gasteiger partial charge in [-0.15, -0.1) is 0 Å². The quantitative estimate of drug-likeness (QED) is 0.564. The van der Waals surface area contributed by atoms with Crippen LogP contribution in [0.4, 0.5) is 8.78 Å². The number of carbonyl (C=O) groups is 1. The second kappa shape index (κ2) is 4.68. The van der Waals surface area contributed by atoms with Crippen molar-refractivity contribution in [1.29, 1.82) is 0 Å². The first-order valence-corrected chi connectivity index (χ1v) is 4.34. The summed E-state index contributed by atoms with van der Waals surface area (Å²) in [6, 6.07) is 2.74. The molecular weight excluding hydrogens is 200 g/mol. The summed E-state index contributed by atoms with van der Waals surface area (Å²) in [6.45, 7) is 0. The van der Waals surface area contributed by atoms with Gasteiger partial charge < -0.3 is 4.90 Å². The molecule has 1 aromatic rings. The fourth-order valence-corrected chi connectivity index (χ4v) is 1.01. The standard InChI is InChI=1S/C11H11F2NO/c1-14(2)4-3-11(15)8-5-9(12)7-10(13)6-8/h3-7H,1-2H3/b4-3-. The predicted molar refractivity (Wildman–Crippen MR) is 53.5 cm³/mol. The third-order valence-electron chi connectivity index (χ3n) is 1.67. The third-order valence-corrected chi connectivity index (χ3v) is 1.67. The molecule has 0 fully saturated rings. The van der Waals surface area contributed by atoms with Crippen LogP contribution in [-0.2, 0) is 0 Å². The summed E-state index contributed by atoms with van der Waals surface area (Å²) in [6.07, 6.45) is 2.78. The molecule has 0 saturated carbocycles. The van der Waals surface area contributed by atoms with E-state index < -0.39 is 17.4 Å². The minimum atomic E-state index is -0.753. The molecule has 0 spiro atoms. The Hall–Kier alpha value is -1.71. The van der Waals surface area contributed by atoms with E-state index in [9.17, 15) is 13.6 Å². The molecule has 0 N–H and O–H groups in total. The Morgan fingerprint density at radius 2 is 1.73 bits per heavy atom. The summed E-state index contributed by atoms with van der Waals surface area (Å²) < 4.78 is 25.5. The Morgan fingerprint density at radius 3 is 2.20 bits per heavy atom. The van der Waals surface area contributed by atoms with Crippen LogP contribution in [0, 0.1) is 11.6 Å².